The number of ether oxygens (including phenoxy) is 1. The summed E-state index contributed by atoms with van der Waals surface area (Å²) in [6.45, 7) is 4.66. The molecule has 1 unspecified atom stereocenters. The number of rotatable bonds is 7. The Morgan fingerprint density at radius 3 is 2.42 bits per heavy atom. The molecule has 0 aromatic rings. The largest absolute Gasteiger partial charge is 0.468 e. The van der Waals surface area contributed by atoms with Crippen LogP contribution in [0.4, 0.5) is 0 Å². The number of esters is 1. The Labute approximate surface area is 113 Å². The summed E-state index contributed by atoms with van der Waals surface area (Å²) in [5, 5.41) is 3.13. The summed E-state index contributed by atoms with van der Waals surface area (Å²) in [6, 6.07) is 0. The van der Waals surface area contributed by atoms with Crippen LogP contribution in [0.15, 0.2) is 0 Å². The predicted molar refractivity (Wildman–Crippen MR) is 69.3 cm³/mol. The number of imide groups is 1. The van der Waals surface area contributed by atoms with E-state index in [1.54, 1.807) is 6.92 Å². The minimum atomic E-state index is -0.867. The van der Waals surface area contributed by atoms with Gasteiger partial charge in [0.15, 0.2) is 0 Å². The highest BCUT2D eigenvalue weighted by molar-refractivity contribution is 6.01. The quantitative estimate of drug-likeness (QED) is 0.537. The number of hydrogen-bond acceptors (Lipinski definition) is 5. The van der Waals surface area contributed by atoms with Gasteiger partial charge in [-0.2, -0.15) is 0 Å². The van der Waals surface area contributed by atoms with E-state index in [1.807, 2.05) is 6.92 Å². The van der Waals surface area contributed by atoms with Crippen LogP contribution in [0.5, 0.6) is 0 Å². The van der Waals surface area contributed by atoms with Crippen molar-refractivity contribution in [1.82, 2.24) is 10.2 Å². The lowest BCUT2D eigenvalue weighted by Gasteiger charge is -2.29. The van der Waals surface area contributed by atoms with Crippen LogP contribution in [0.2, 0.25) is 0 Å². The predicted octanol–water partition coefficient (Wildman–Crippen LogP) is 0.457. The summed E-state index contributed by atoms with van der Waals surface area (Å²) in [5.74, 6) is -0.694. The van der Waals surface area contributed by atoms with E-state index in [0.717, 1.165) is 6.42 Å². The van der Waals surface area contributed by atoms with Gasteiger partial charge in [-0.3, -0.25) is 19.3 Å². The molecule has 0 saturated carbocycles. The van der Waals surface area contributed by atoms with Crippen molar-refractivity contribution in [1.29, 1.82) is 0 Å². The summed E-state index contributed by atoms with van der Waals surface area (Å²) < 4.78 is 4.79. The van der Waals surface area contributed by atoms with Crippen molar-refractivity contribution in [2.75, 3.05) is 20.2 Å². The average Bonchev–Trinajstić information content (AvgIpc) is 2.72. The number of hydrogen-bond donors (Lipinski definition) is 1. The van der Waals surface area contributed by atoms with Crippen LogP contribution in [0, 0.1) is 0 Å². The molecule has 0 aromatic heterocycles. The maximum Gasteiger partial charge on any atom is 0.325 e. The van der Waals surface area contributed by atoms with E-state index in [4.69, 9.17) is 4.74 Å². The highest BCUT2D eigenvalue weighted by atomic mass is 16.5. The molecule has 0 bridgehead atoms. The number of nitrogens with zero attached hydrogens (tertiary/aromatic N) is 1. The van der Waals surface area contributed by atoms with Crippen molar-refractivity contribution < 1.29 is 19.1 Å². The molecular formula is C13H22N2O4. The van der Waals surface area contributed by atoms with Crippen molar-refractivity contribution >= 4 is 17.8 Å². The topological polar surface area (TPSA) is 75.7 Å². The number of carbonyl (C=O) groups excluding carboxylic acids is 3. The Morgan fingerprint density at radius 2 is 1.95 bits per heavy atom. The number of nitrogens with one attached hydrogen (secondary N) is 1. The first-order valence-corrected chi connectivity index (χ1v) is 6.61. The SMILES string of the molecule is CCCNC(C)(CCN1C(=O)CCC1=O)C(=O)OC. The van der Waals surface area contributed by atoms with Crippen molar-refractivity contribution in [2.45, 2.75) is 45.1 Å². The first-order valence-electron chi connectivity index (χ1n) is 6.61. The van der Waals surface area contributed by atoms with Gasteiger partial charge in [0.1, 0.15) is 5.54 Å². The molecule has 2 amide bonds. The van der Waals surface area contributed by atoms with Crippen molar-refractivity contribution in [3.63, 3.8) is 0 Å². The number of methoxy groups -OCH3 is 1. The zero-order valence-corrected chi connectivity index (χ0v) is 11.8. The first kappa shape index (κ1) is 15.6. The molecule has 1 fully saturated rings. The van der Waals surface area contributed by atoms with Gasteiger partial charge in [0, 0.05) is 19.4 Å². The highest BCUT2D eigenvalue weighted by Gasteiger charge is 2.36. The second-order valence-corrected chi connectivity index (χ2v) is 4.94. The van der Waals surface area contributed by atoms with Crippen molar-refractivity contribution in [3.8, 4) is 0 Å². The van der Waals surface area contributed by atoms with Crippen molar-refractivity contribution in [2.24, 2.45) is 0 Å². The van der Waals surface area contributed by atoms with E-state index in [2.05, 4.69) is 5.32 Å². The molecule has 1 aliphatic rings. The molecule has 0 aromatic carbocycles. The van der Waals surface area contributed by atoms with E-state index in [0.29, 0.717) is 13.0 Å². The summed E-state index contributed by atoms with van der Waals surface area (Å²) in [4.78, 5) is 36.1. The Morgan fingerprint density at radius 1 is 1.37 bits per heavy atom. The summed E-state index contributed by atoms with van der Waals surface area (Å²) in [7, 11) is 1.33. The molecular weight excluding hydrogens is 248 g/mol. The van der Waals surface area contributed by atoms with Crippen LogP contribution in [0.1, 0.15) is 39.5 Å². The molecule has 0 radical (unpaired) electrons. The molecule has 0 spiro atoms. The fourth-order valence-electron chi connectivity index (χ4n) is 2.10. The Hall–Kier alpha value is -1.43. The minimum absolute atomic E-state index is 0.160. The molecule has 1 heterocycles. The van der Waals surface area contributed by atoms with E-state index in [-0.39, 0.29) is 37.2 Å². The summed E-state index contributed by atoms with van der Waals surface area (Å²) in [6.07, 6.45) is 1.79. The van der Waals surface area contributed by atoms with Crippen LogP contribution in [-0.4, -0.2) is 48.4 Å². The molecule has 6 nitrogen and oxygen atoms in total. The Kier molecular flexibility index (Phi) is 5.47. The fourth-order valence-corrected chi connectivity index (χ4v) is 2.10. The Balaban J connectivity index is 2.64. The molecule has 0 aliphatic carbocycles. The molecule has 6 heteroatoms. The zero-order valence-electron chi connectivity index (χ0n) is 11.8. The third-order valence-corrected chi connectivity index (χ3v) is 3.39. The maximum absolute atomic E-state index is 11.8. The smallest absolute Gasteiger partial charge is 0.325 e. The molecule has 1 N–H and O–H groups in total. The second-order valence-electron chi connectivity index (χ2n) is 4.94. The first-order chi connectivity index (χ1) is 8.94. The Bertz CT molecular complexity index is 354. The third-order valence-electron chi connectivity index (χ3n) is 3.39. The van der Waals surface area contributed by atoms with Gasteiger partial charge >= 0.3 is 5.97 Å². The molecule has 1 atom stereocenters. The van der Waals surface area contributed by atoms with E-state index < -0.39 is 5.54 Å². The van der Waals surface area contributed by atoms with E-state index in [9.17, 15) is 14.4 Å². The van der Waals surface area contributed by atoms with Crippen molar-refractivity contribution in [3.05, 3.63) is 0 Å². The molecule has 1 saturated heterocycles. The van der Waals surface area contributed by atoms with Gasteiger partial charge in [-0.25, -0.2) is 0 Å². The molecule has 108 valence electrons. The summed E-state index contributed by atoms with van der Waals surface area (Å²) in [5.41, 5.74) is -0.867. The van der Waals surface area contributed by atoms with Gasteiger partial charge in [-0.05, 0) is 26.3 Å². The maximum atomic E-state index is 11.8. The van der Waals surface area contributed by atoms with Crippen LogP contribution >= 0.6 is 0 Å². The number of amides is 2. The molecule has 19 heavy (non-hydrogen) atoms. The van der Waals surface area contributed by atoms with E-state index in [1.165, 1.54) is 12.0 Å². The standard InChI is InChI=1S/C13H22N2O4/c1-4-8-14-13(2,12(18)19-3)7-9-15-10(16)5-6-11(15)17/h14H,4-9H2,1-3H3. The normalized spacial score (nSPS) is 18.6. The number of carbonyl (C=O) groups is 3. The highest BCUT2D eigenvalue weighted by Crippen LogP contribution is 2.17. The monoisotopic (exact) mass is 270 g/mol. The van der Waals surface area contributed by atoms with Crippen LogP contribution in [-0.2, 0) is 19.1 Å². The molecule has 1 aliphatic heterocycles. The number of likely N-dealkylation sites (tertiary alicyclic amines) is 1. The molecule has 1 rings (SSSR count). The van der Waals surface area contributed by atoms with Gasteiger partial charge in [0.05, 0.1) is 7.11 Å². The lowest BCUT2D eigenvalue weighted by atomic mass is 9.97. The fraction of sp³-hybridized carbons (Fsp3) is 0.769. The lowest BCUT2D eigenvalue weighted by molar-refractivity contribution is -0.149. The second kappa shape index (κ2) is 6.65. The van der Waals surface area contributed by atoms with Crippen LogP contribution in [0.25, 0.3) is 0 Å². The minimum Gasteiger partial charge on any atom is -0.468 e. The van der Waals surface area contributed by atoms with Gasteiger partial charge in [-0.15, -0.1) is 0 Å². The van der Waals surface area contributed by atoms with E-state index >= 15 is 0 Å². The average molecular weight is 270 g/mol. The lowest BCUT2D eigenvalue weighted by Crippen LogP contribution is -2.52. The third kappa shape index (κ3) is 3.76. The van der Waals surface area contributed by atoms with Crippen LogP contribution in [0.3, 0.4) is 0 Å². The zero-order chi connectivity index (χ0) is 14.5. The van der Waals surface area contributed by atoms with Gasteiger partial charge in [0.25, 0.3) is 0 Å². The van der Waals surface area contributed by atoms with Gasteiger partial charge in [-0.1, -0.05) is 6.92 Å². The van der Waals surface area contributed by atoms with Gasteiger partial charge < -0.3 is 10.1 Å². The van der Waals surface area contributed by atoms with Gasteiger partial charge in [0.2, 0.25) is 11.8 Å². The summed E-state index contributed by atoms with van der Waals surface area (Å²) >= 11 is 0. The van der Waals surface area contributed by atoms with Crippen LogP contribution < -0.4 is 5.32 Å².